The Morgan fingerprint density at radius 2 is 1.50 bits per heavy atom. The van der Waals surface area contributed by atoms with Crippen LogP contribution in [0.4, 0.5) is 0 Å². The van der Waals surface area contributed by atoms with Gasteiger partial charge in [-0.15, -0.1) is 0 Å². The average molecular weight is 203 g/mol. The first kappa shape index (κ1) is 9.67. The normalized spacial score (nSPS) is 20.8. The minimum atomic E-state index is -0.139. The Bertz CT molecular complexity index is 193. The van der Waals surface area contributed by atoms with E-state index >= 15 is 0 Å². The molecular formula is C7H13N3S2. The molecule has 0 bridgehead atoms. The zero-order chi connectivity index (χ0) is 9.19. The molecule has 1 fully saturated rings. The van der Waals surface area contributed by atoms with Gasteiger partial charge in [0, 0.05) is 0 Å². The third-order valence-corrected chi connectivity index (χ3v) is 2.55. The third-order valence-electron chi connectivity index (χ3n) is 2.14. The van der Waals surface area contributed by atoms with Crippen molar-refractivity contribution in [2.45, 2.75) is 32.4 Å². The van der Waals surface area contributed by atoms with Crippen LogP contribution in [0, 0.1) is 0 Å². The van der Waals surface area contributed by atoms with Gasteiger partial charge in [0.15, 0.2) is 10.2 Å². The first-order chi connectivity index (χ1) is 5.62. The molecule has 0 spiro atoms. The smallest absolute Gasteiger partial charge is 0.174 e. The fraction of sp³-hybridized carbons (Fsp3) is 0.714. The molecule has 0 unspecified atom stereocenters. The van der Waals surface area contributed by atoms with Gasteiger partial charge in [0.05, 0.1) is 0 Å². The molecule has 0 aromatic heterocycles. The van der Waals surface area contributed by atoms with Crippen molar-refractivity contribution in [1.82, 2.24) is 16.0 Å². The van der Waals surface area contributed by atoms with Crippen LogP contribution in [-0.4, -0.2) is 15.9 Å². The van der Waals surface area contributed by atoms with Crippen LogP contribution in [0.2, 0.25) is 0 Å². The Kier molecular flexibility index (Phi) is 2.85. The molecule has 0 amide bonds. The SMILES string of the molecule is CCC1(CC)NC(=S)NC(=S)N1. The van der Waals surface area contributed by atoms with Gasteiger partial charge < -0.3 is 16.0 Å². The summed E-state index contributed by atoms with van der Waals surface area (Å²) in [7, 11) is 0. The molecule has 0 aromatic carbocycles. The minimum Gasteiger partial charge on any atom is -0.340 e. The Hall–Kier alpha value is -0.420. The van der Waals surface area contributed by atoms with Crippen molar-refractivity contribution in [2.75, 3.05) is 0 Å². The van der Waals surface area contributed by atoms with E-state index < -0.39 is 0 Å². The monoisotopic (exact) mass is 203 g/mol. The van der Waals surface area contributed by atoms with Gasteiger partial charge in [0.2, 0.25) is 0 Å². The van der Waals surface area contributed by atoms with E-state index in [-0.39, 0.29) is 5.66 Å². The Morgan fingerprint density at radius 3 is 1.83 bits per heavy atom. The lowest BCUT2D eigenvalue weighted by molar-refractivity contribution is 0.313. The molecule has 1 saturated heterocycles. The van der Waals surface area contributed by atoms with Crippen LogP contribution >= 0.6 is 24.4 Å². The largest absolute Gasteiger partial charge is 0.340 e. The van der Waals surface area contributed by atoms with Crippen LogP contribution in [0.3, 0.4) is 0 Å². The van der Waals surface area contributed by atoms with E-state index in [2.05, 4.69) is 29.8 Å². The van der Waals surface area contributed by atoms with Crippen molar-refractivity contribution >= 4 is 34.7 Å². The third kappa shape index (κ3) is 1.84. The predicted molar refractivity (Wildman–Crippen MR) is 57.9 cm³/mol. The number of hydrogen-bond acceptors (Lipinski definition) is 2. The van der Waals surface area contributed by atoms with Gasteiger partial charge in [-0.25, -0.2) is 0 Å². The molecule has 12 heavy (non-hydrogen) atoms. The lowest BCUT2D eigenvalue weighted by Crippen LogP contribution is -2.69. The Balaban J connectivity index is 2.76. The number of thiocarbonyl (C=S) groups is 2. The van der Waals surface area contributed by atoms with E-state index in [9.17, 15) is 0 Å². The zero-order valence-corrected chi connectivity index (χ0v) is 8.86. The van der Waals surface area contributed by atoms with Crippen molar-refractivity contribution in [3.05, 3.63) is 0 Å². The molecule has 3 N–H and O–H groups in total. The molecule has 0 atom stereocenters. The highest BCUT2D eigenvalue weighted by Gasteiger charge is 2.31. The van der Waals surface area contributed by atoms with E-state index in [0.717, 1.165) is 12.8 Å². The molecule has 1 aliphatic heterocycles. The minimum absolute atomic E-state index is 0.139. The predicted octanol–water partition coefficient (Wildman–Crippen LogP) is 0.855. The van der Waals surface area contributed by atoms with Gasteiger partial charge in [-0.1, -0.05) is 13.8 Å². The van der Waals surface area contributed by atoms with Crippen LogP contribution in [-0.2, 0) is 0 Å². The molecule has 0 aromatic rings. The molecule has 0 aliphatic carbocycles. The summed E-state index contributed by atoms with van der Waals surface area (Å²) in [5.74, 6) is 0. The number of nitrogens with one attached hydrogen (secondary N) is 3. The number of rotatable bonds is 2. The molecule has 0 saturated carbocycles. The maximum Gasteiger partial charge on any atom is 0.174 e. The van der Waals surface area contributed by atoms with E-state index in [4.69, 9.17) is 24.4 Å². The summed E-state index contributed by atoms with van der Waals surface area (Å²) < 4.78 is 0. The lowest BCUT2D eigenvalue weighted by atomic mass is 10.0. The Labute approximate surface area is 83.3 Å². The van der Waals surface area contributed by atoms with Gasteiger partial charge in [-0.2, -0.15) is 0 Å². The molecule has 0 radical (unpaired) electrons. The van der Waals surface area contributed by atoms with Crippen molar-refractivity contribution in [3.63, 3.8) is 0 Å². The van der Waals surface area contributed by atoms with E-state index in [0.29, 0.717) is 10.2 Å². The van der Waals surface area contributed by atoms with Gasteiger partial charge in [0.25, 0.3) is 0 Å². The fourth-order valence-electron chi connectivity index (χ4n) is 1.24. The second-order valence-corrected chi connectivity index (χ2v) is 3.64. The second kappa shape index (κ2) is 3.53. The van der Waals surface area contributed by atoms with E-state index in [1.807, 2.05) is 0 Å². The molecule has 1 rings (SSSR count). The first-order valence-corrected chi connectivity index (χ1v) is 4.85. The first-order valence-electron chi connectivity index (χ1n) is 4.03. The fourth-order valence-corrected chi connectivity index (χ4v) is 1.89. The summed E-state index contributed by atoms with van der Waals surface area (Å²) >= 11 is 10.0. The van der Waals surface area contributed by atoms with Gasteiger partial charge in [-0.3, -0.25) is 0 Å². The topological polar surface area (TPSA) is 36.1 Å². The van der Waals surface area contributed by atoms with Crippen molar-refractivity contribution in [2.24, 2.45) is 0 Å². The van der Waals surface area contributed by atoms with Crippen LogP contribution in [0.25, 0.3) is 0 Å². The van der Waals surface area contributed by atoms with Crippen molar-refractivity contribution in [3.8, 4) is 0 Å². The van der Waals surface area contributed by atoms with Gasteiger partial charge >= 0.3 is 0 Å². The summed E-state index contributed by atoms with van der Waals surface area (Å²) in [5, 5.41) is 10.4. The van der Waals surface area contributed by atoms with Gasteiger partial charge in [0.1, 0.15) is 5.66 Å². The summed E-state index contributed by atoms with van der Waals surface area (Å²) in [6.07, 6.45) is 1.90. The lowest BCUT2D eigenvalue weighted by Gasteiger charge is -2.40. The van der Waals surface area contributed by atoms with Crippen LogP contribution in [0.5, 0.6) is 0 Å². The zero-order valence-electron chi connectivity index (χ0n) is 7.23. The molecule has 3 nitrogen and oxygen atoms in total. The molecule has 5 heteroatoms. The number of hydrogen-bond donors (Lipinski definition) is 3. The maximum absolute atomic E-state index is 5.01. The molecule has 1 heterocycles. The highest BCUT2D eigenvalue weighted by Crippen LogP contribution is 2.12. The summed E-state index contributed by atoms with van der Waals surface area (Å²) in [5.41, 5.74) is -0.139. The van der Waals surface area contributed by atoms with Crippen molar-refractivity contribution < 1.29 is 0 Å². The summed E-state index contributed by atoms with van der Waals surface area (Å²) in [6.45, 7) is 4.19. The van der Waals surface area contributed by atoms with Crippen molar-refractivity contribution in [1.29, 1.82) is 0 Å². The highest BCUT2D eigenvalue weighted by atomic mass is 32.1. The maximum atomic E-state index is 5.01. The standard InChI is InChI=1S/C7H13N3S2/c1-3-7(4-2)9-5(11)8-6(12)10-7/h3-4H2,1-2H3,(H3,8,9,10,11,12). The summed E-state index contributed by atoms with van der Waals surface area (Å²) in [4.78, 5) is 0. The quantitative estimate of drug-likeness (QED) is 0.580. The average Bonchev–Trinajstić information content (AvgIpc) is 2.02. The molecule has 68 valence electrons. The second-order valence-electron chi connectivity index (χ2n) is 2.82. The molecular weight excluding hydrogens is 190 g/mol. The van der Waals surface area contributed by atoms with Crippen LogP contribution in [0.1, 0.15) is 26.7 Å². The summed E-state index contributed by atoms with van der Waals surface area (Å²) in [6, 6.07) is 0. The van der Waals surface area contributed by atoms with Gasteiger partial charge in [-0.05, 0) is 37.3 Å². The van der Waals surface area contributed by atoms with E-state index in [1.165, 1.54) is 0 Å². The van der Waals surface area contributed by atoms with Crippen LogP contribution in [0.15, 0.2) is 0 Å². The van der Waals surface area contributed by atoms with E-state index in [1.54, 1.807) is 0 Å². The highest BCUT2D eigenvalue weighted by molar-refractivity contribution is 7.81. The molecule has 1 aliphatic rings. The Morgan fingerprint density at radius 1 is 1.08 bits per heavy atom. The van der Waals surface area contributed by atoms with Crippen LogP contribution < -0.4 is 16.0 Å².